The van der Waals surface area contributed by atoms with Crippen molar-refractivity contribution in [2.24, 2.45) is 0 Å². The number of benzene rings is 2. The number of nitrogens with one attached hydrogen (secondary N) is 1. The summed E-state index contributed by atoms with van der Waals surface area (Å²) in [6, 6.07) is 13.1. The first-order valence-electron chi connectivity index (χ1n) is 6.92. The number of hydrogen-bond donors (Lipinski definition) is 1. The van der Waals surface area contributed by atoms with Gasteiger partial charge in [0.1, 0.15) is 5.82 Å². The maximum Gasteiger partial charge on any atom is 0.123 e. The van der Waals surface area contributed by atoms with Gasteiger partial charge in [0.05, 0.1) is 0 Å². The third-order valence-corrected chi connectivity index (χ3v) is 4.13. The minimum Gasteiger partial charge on any atom is -0.313 e. The zero-order valence-electron chi connectivity index (χ0n) is 11.9. The minimum atomic E-state index is -0.192. The molecule has 0 aromatic heterocycles. The standard InChI is InChI=1S/C17H20FNS/c1-3-10-19-12-14-11-13(2)4-9-17(14)20-16-7-5-15(18)6-8-16/h4-9,11,19H,3,10,12H2,1-2H3. The highest BCUT2D eigenvalue weighted by Crippen LogP contribution is 2.31. The minimum absolute atomic E-state index is 0.192. The van der Waals surface area contributed by atoms with Gasteiger partial charge in [-0.2, -0.15) is 0 Å². The number of aryl methyl sites for hydroxylation is 1. The van der Waals surface area contributed by atoms with Crippen molar-refractivity contribution in [3.63, 3.8) is 0 Å². The number of rotatable bonds is 6. The maximum absolute atomic E-state index is 12.9. The van der Waals surface area contributed by atoms with Crippen LogP contribution < -0.4 is 5.32 Å². The van der Waals surface area contributed by atoms with Crippen molar-refractivity contribution in [3.8, 4) is 0 Å². The molecule has 2 aromatic rings. The summed E-state index contributed by atoms with van der Waals surface area (Å²) in [4.78, 5) is 2.29. The van der Waals surface area contributed by atoms with Crippen molar-refractivity contribution in [3.05, 3.63) is 59.4 Å². The second-order valence-corrected chi connectivity index (χ2v) is 5.96. The highest BCUT2D eigenvalue weighted by Gasteiger charge is 2.05. The lowest BCUT2D eigenvalue weighted by Gasteiger charge is -2.11. The quantitative estimate of drug-likeness (QED) is 0.768. The van der Waals surface area contributed by atoms with Crippen LogP contribution in [0.25, 0.3) is 0 Å². The molecule has 3 heteroatoms. The van der Waals surface area contributed by atoms with Gasteiger partial charge in [-0.05, 0) is 55.8 Å². The van der Waals surface area contributed by atoms with Crippen LogP contribution in [-0.2, 0) is 6.54 Å². The van der Waals surface area contributed by atoms with E-state index in [4.69, 9.17) is 0 Å². The Morgan fingerprint density at radius 2 is 1.85 bits per heavy atom. The molecule has 0 fully saturated rings. The first-order chi connectivity index (χ1) is 9.69. The summed E-state index contributed by atoms with van der Waals surface area (Å²) in [6.07, 6.45) is 1.13. The van der Waals surface area contributed by atoms with Crippen LogP contribution in [0.3, 0.4) is 0 Å². The number of hydrogen-bond acceptors (Lipinski definition) is 2. The smallest absolute Gasteiger partial charge is 0.123 e. The molecule has 1 nitrogen and oxygen atoms in total. The molecule has 0 aliphatic carbocycles. The van der Waals surface area contributed by atoms with Crippen LogP contribution in [-0.4, -0.2) is 6.54 Å². The molecular weight excluding hydrogens is 269 g/mol. The zero-order valence-corrected chi connectivity index (χ0v) is 12.8. The molecule has 0 aliphatic heterocycles. The molecule has 106 valence electrons. The molecule has 0 heterocycles. The Hall–Kier alpha value is -1.32. The van der Waals surface area contributed by atoms with E-state index in [-0.39, 0.29) is 5.82 Å². The fourth-order valence-corrected chi connectivity index (χ4v) is 2.90. The van der Waals surface area contributed by atoms with E-state index in [0.717, 1.165) is 24.4 Å². The van der Waals surface area contributed by atoms with E-state index in [2.05, 4.69) is 37.4 Å². The predicted octanol–water partition coefficient (Wildman–Crippen LogP) is 4.78. The molecular formula is C17H20FNS. The van der Waals surface area contributed by atoms with Gasteiger partial charge in [-0.15, -0.1) is 0 Å². The van der Waals surface area contributed by atoms with Gasteiger partial charge in [-0.25, -0.2) is 4.39 Å². The molecule has 0 atom stereocenters. The van der Waals surface area contributed by atoms with Crippen LogP contribution in [0.4, 0.5) is 4.39 Å². The molecule has 2 rings (SSSR count). The molecule has 0 unspecified atom stereocenters. The van der Waals surface area contributed by atoms with E-state index in [0.29, 0.717) is 0 Å². The van der Waals surface area contributed by atoms with E-state index in [1.165, 1.54) is 28.2 Å². The van der Waals surface area contributed by atoms with Gasteiger partial charge in [0.15, 0.2) is 0 Å². The summed E-state index contributed by atoms with van der Waals surface area (Å²) in [7, 11) is 0. The van der Waals surface area contributed by atoms with Crippen LogP contribution in [0, 0.1) is 12.7 Å². The lowest BCUT2D eigenvalue weighted by molar-refractivity contribution is 0.626. The van der Waals surface area contributed by atoms with E-state index < -0.39 is 0 Å². The summed E-state index contributed by atoms with van der Waals surface area (Å²) < 4.78 is 12.9. The summed E-state index contributed by atoms with van der Waals surface area (Å²) >= 11 is 1.68. The molecule has 0 saturated heterocycles. The third kappa shape index (κ3) is 4.36. The van der Waals surface area contributed by atoms with E-state index in [9.17, 15) is 4.39 Å². The first-order valence-corrected chi connectivity index (χ1v) is 7.74. The summed E-state index contributed by atoms with van der Waals surface area (Å²) in [5.74, 6) is -0.192. The van der Waals surface area contributed by atoms with Crippen molar-refractivity contribution in [1.82, 2.24) is 5.32 Å². The Balaban J connectivity index is 2.15. The van der Waals surface area contributed by atoms with E-state index in [1.54, 1.807) is 11.8 Å². The topological polar surface area (TPSA) is 12.0 Å². The van der Waals surface area contributed by atoms with Gasteiger partial charge < -0.3 is 5.32 Å². The molecule has 20 heavy (non-hydrogen) atoms. The van der Waals surface area contributed by atoms with E-state index >= 15 is 0 Å². The third-order valence-electron chi connectivity index (χ3n) is 3.00. The average Bonchev–Trinajstić information content (AvgIpc) is 2.44. The monoisotopic (exact) mass is 289 g/mol. The Morgan fingerprint density at radius 1 is 1.10 bits per heavy atom. The molecule has 0 radical (unpaired) electrons. The van der Waals surface area contributed by atoms with Crippen molar-refractivity contribution in [2.45, 2.75) is 36.6 Å². The molecule has 2 aromatic carbocycles. The van der Waals surface area contributed by atoms with E-state index in [1.807, 2.05) is 12.1 Å². The highest BCUT2D eigenvalue weighted by atomic mass is 32.2. The van der Waals surface area contributed by atoms with Crippen molar-refractivity contribution in [1.29, 1.82) is 0 Å². The maximum atomic E-state index is 12.9. The SMILES string of the molecule is CCCNCc1cc(C)ccc1Sc1ccc(F)cc1. The van der Waals surface area contributed by atoms with Gasteiger partial charge in [0, 0.05) is 16.3 Å². The Bertz CT molecular complexity index is 551. The van der Waals surface area contributed by atoms with Crippen LogP contribution in [0.2, 0.25) is 0 Å². The molecule has 0 aliphatic rings. The Morgan fingerprint density at radius 3 is 2.55 bits per heavy atom. The first kappa shape index (κ1) is 15.1. The average molecular weight is 289 g/mol. The molecule has 0 bridgehead atoms. The second kappa shape index (κ2) is 7.46. The second-order valence-electron chi connectivity index (χ2n) is 4.84. The van der Waals surface area contributed by atoms with Gasteiger partial charge >= 0.3 is 0 Å². The van der Waals surface area contributed by atoms with Crippen LogP contribution in [0.15, 0.2) is 52.3 Å². The molecule has 0 saturated carbocycles. The van der Waals surface area contributed by atoms with Crippen molar-refractivity contribution >= 4 is 11.8 Å². The van der Waals surface area contributed by atoms with Gasteiger partial charge in [0.25, 0.3) is 0 Å². The Kier molecular flexibility index (Phi) is 5.62. The normalized spacial score (nSPS) is 10.8. The summed E-state index contributed by atoms with van der Waals surface area (Å²) in [6.45, 7) is 6.17. The molecule has 1 N–H and O–H groups in total. The van der Waals surface area contributed by atoms with Crippen LogP contribution >= 0.6 is 11.8 Å². The van der Waals surface area contributed by atoms with Crippen molar-refractivity contribution in [2.75, 3.05) is 6.54 Å². The lowest BCUT2D eigenvalue weighted by Crippen LogP contribution is -2.14. The number of halogens is 1. The summed E-state index contributed by atoms with van der Waals surface area (Å²) in [5.41, 5.74) is 2.56. The van der Waals surface area contributed by atoms with Crippen molar-refractivity contribution < 1.29 is 4.39 Å². The van der Waals surface area contributed by atoms with Gasteiger partial charge in [-0.3, -0.25) is 0 Å². The fourth-order valence-electron chi connectivity index (χ4n) is 1.98. The molecule has 0 spiro atoms. The largest absolute Gasteiger partial charge is 0.313 e. The zero-order chi connectivity index (χ0) is 14.4. The van der Waals surface area contributed by atoms with Crippen LogP contribution in [0.5, 0.6) is 0 Å². The van der Waals surface area contributed by atoms with Gasteiger partial charge in [0.2, 0.25) is 0 Å². The van der Waals surface area contributed by atoms with Gasteiger partial charge in [-0.1, -0.05) is 36.4 Å². The van der Waals surface area contributed by atoms with Crippen LogP contribution in [0.1, 0.15) is 24.5 Å². The molecule has 0 amide bonds. The summed E-state index contributed by atoms with van der Waals surface area (Å²) in [5, 5.41) is 3.44. The predicted molar refractivity (Wildman–Crippen MR) is 83.7 cm³/mol. The highest BCUT2D eigenvalue weighted by molar-refractivity contribution is 7.99. The fraction of sp³-hybridized carbons (Fsp3) is 0.294. The lowest BCUT2D eigenvalue weighted by atomic mass is 10.1. The Labute approximate surface area is 124 Å².